The van der Waals surface area contributed by atoms with E-state index in [1.165, 1.54) is 12.8 Å². The zero-order valence-electron chi connectivity index (χ0n) is 12.4. The van der Waals surface area contributed by atoms with E-state index in [1.54, 1.807) is 0 Å². The fourth-order valence-electron chi connectivity index (χ4n) is 2.88. The number of benzene rings is 1. The third kappa shape index (κ3) is 3.66. The van der Waals surface area contributed by atoms with E-state index in [-0.39, 0.29) is 6.04 Å². The summed E-state index contributed by atoms with van der Waals surface area (Å²) in [5, 5.41) is 0.743. The van der Waals surface area contributed by atoms with E-state index < -0.39 is 0 Å². The SMILES string of the molecule is CCOc1ccc(Cl)cc1C(CN)N1CCC(C)CC1. The van der Waals surface area contributed by atoms with E-state index >= 15 is 0 Å². The zero-order chi connectivity index (χ0) is 14.5. The quantitative estimate of drug-likeness (QED) is 0.904. The number of rotatable bonds is 5. The second-order valence-electron chi connectivity index (χ2n) is 5.59. The molecule has 0 amide bonds. The Bertz CT molecular complexity index is 430. The van der Waals surface area contributed by atoms with Gasteiger partial charge in [-0.25, -0.2) is 0 Å². The lowest BCUT2D eigenvalue weighted by Gasteiger charge is -2.37. The summed E-state index contributed by atoms with van der Waals surface area (Å²) in [6.45, 7) is 7.76. The minimum absolute atomic E-state index is 0.197. The standard InChI is InChI=1S/C16H25ClN2O/c1-3-20-16-5-4-13(17)10-14(16)15(11-18)19-8-6-12(2)7-9-19/h4-5,10,12,15H,3,6-9,11,18H2,1-2H3. The Balaban J connectivity index is 2.23. The molecule has 2 N–H and O–H groups in total. The topological polar surface area (TPSA) is 38.5 Å². The molecule has 1 fully saturated rings. The van der Waals surface area contributed by atoms with Crippen LogP contribution in [0.25, 0.3) is 0 Å². The van der Waals surface area contributed by atoms with Gasteiger partial charge in [0.15, 0.2) is 0 Å². The maximum atomic E-state index is 6.17. The number of piperidine rings is 1. The van der Waals surface area contributed by atoms with Crippen molar-refractivity contribution in [2.45, 2.75) is 32.7 Å². The maximum Gasteiger partial charge on any atom is 0.124 e. The molecule has 4 heteroatoms. The van der Waals surface area contributed by atoms with E-state index in [0.29, 0.717) is 13.2 Å². The highest BCUT2D eigenvalue weighted by molar-refractivity contribution is 6.30. The van der Waals surface area contributed by atoms with Crippen molar-refractivity contribution in [2.75, 3.05) is 26.2 Å². The Hall–Kier alpha value is -0.770. The number of hydrogen-bond donors (Lipinski definition) is 1. The molecule has 2 rings (SSSR count). The minimum Gasteiger partial charge on any atom is -0.494 e. The summed E-state index contributed by atoms with van der Waals surface area (Å²) in [5.41, 5.74) is 7.17. The first-order chi connectivity index (χ1) is 9.65. The van der Waals surface area contributed by atoms with Gasteiger partial charge in [-0.3, -0.25) is 4.90 Å². The Kier molecular flexibility index (Phi) is 5.70. The van der Waals surface area contributed by atoms with Crippen LogP contribution in [-0.2, 0) is 0 Å². The van der Waals surface area contributed by atoms with Crippen LogP contribution < -0.4 is 10.5 Å². The molecule has 1 aliphatic rings. The van der Waals surface area contributed by atoms with Crippen LogP contribution in [0.2, 0.25) is 5.02 Å². The van der Waals surface area contributed by atoms with Crippen molar-refractivity contribution in [3.05, 3.63) is 28.8 Å². The molecule has 0 bridgehead atoms. The molecule has 0 spiro atoms. The van der Waals surface area contributed by atoms with Crippen LogP contribution in [0.3, 0.4) is 0 Å². The van der Waals surface area contributed by atoms with Crippen molar-refractivity contribution in [3.8, 4) is 5.75 Å². The summed E-state index contributed by atoms with van der Waals surface area (Å²) in [7, 11) is 0. The van der Waals surface area contributed by atoms with Crippen molar-refractivity contribution < 1.29 is 4.74 Å². The van der Waals surface area contributed by atoms with Crippen LogP contribution in [0, 0.1) is 5.92 Å². The molecule has 0 aromatic heterocycles. The van der Waals surface area contributed by atoms with Crippen LogP contribution in [-0.4, -0.2) is 31.1 Å². The van der Waals surface area contributed by atoms with Gasteiger partial charge in [-0.2, -0.15) is 0 Å². The zero-order valence-corrected chi connectivity index (χ0v) is 13.2. The molecule has 1 aromatic rings. The van der Waals surface area contributed by atoms with Gasteiger partial charge >= 0.3 is 0 Å². The van der Waals surface area contributed by atoms with Gasteiger partial charge in [-0.15, -0.1) is 0 Å². The van der Waals surface area contributed by atoms with Gasteiger partial charge < -0.3 is 10.5 Å². The number of halogens is 1. The summed E-state index contributed by atoms with van der Waals surface area (Å²) in [6, 6.07) is 6.03. The highest BCUT2D eigenvalue weighted by atomic mass is 35.5. The fraction of sp³-hybridized carbons (Fsp3) is 0.625. The van der Waals surface area contributed by atoms with E-state index in [9.17, 15) is 0 Å². The van der Waals surface area contributed by atoms with Gasteiger partial charge in [-0.1, -0.05) is 18.5 Å². The molecular formula is C16H25ClN2O. The number of ether oxygens (including phenoxy) is 1. The molecule has 1 aromatic carbocycles. The van der Waals surface area contributed by atoms with E-state index in [4.69, 9.17) is 22.1 Å². The normalized spacial score (nSPS) is 19.0. The summed E-state index contributed by atoms with van der Waals surface area (Å²) >= 11 is 6.17. The monoisotopic (exact) mass is 296 g/mol. The molecule has 3 nitrogen and oxygen atoms in total. The highest BCUT2D eigenvalue weighted by Gasteiger charge is 2.26. The number of likely N-dealkylation sites (tertiary alicyclic amines) is 1. The van der Waals surface area contributed by atoms with Gasteiger partial charge in [0.1, 0.15) is 5.75 Å². The first kappa shape index (κ1) is 15.6. The molecule has 0 aliphatic carbocycles. The Labute approximate surface area is 127 Å². The van der Waals surface area contributed by atoms with Crippen molar-refractivity contribution in [2.24, 2.45) is 11.7 Å². The molecule has 1 heterocycles. The van der Waals surface area contributed by atoms with Gasteiger partial charge in [0.25, 0.3) is 0 Å². The lowest BCUT2D eigenvalue weighted by Crippen LogP contribution is -2.39. The Morgan fingerprint density at radius 1 is 1.40 bits per heavy atom. The molecular weight excluding hydrogens is 272 g/mol. The van der Waals surface area contributed by atoms with Crippen LogP contribution in [0.4, 0.5) is 0 Å². The molecule has 0 radical (unpaired) electrons. The average Bonchev–Trinajstić information content (AvgIpc) is 2.45. The molecule has 0 saturated carbocycles. The van der Waals surface area contributed by atoms with Crippen LogP contribution in [0.1, 0.15) is 38.3 Å². The summed E-state index contributed by atoms with van der Waals surface area (Å²) in [6.07, 6.45) is 2.47. The predicted molar refractivity (Wildman–Crippen MR) is 84.4 cm³/mol. The lowest BCUT2D eigenvalue weighted by molar-refractivity contribution is 0.138. The van der Waals surface area contributed by atoms with Crippen molar-refractivity contribution >= 4 is 11.6 Å². The average molecular weight is 297 g/mol. The second kappa shape index (κ2) is 7.30. The second-order valence-corrected chi connectivity index (χ2v) is 6.02. The van der Waals surface area contributed by atoms with Gasteiger partial charge in [0.05, 0.1) is 12.6 Å². The molecule has 1 aliphatic heterocycles. The third-order valence-corrected chi connectivity index (χ3v) is 4.35. The minimum atomic E-state index is 0.197. The van der Waals surface area contributed by atoms with E-state index in [1.807, 2.05) is 25.1 Å². The smallest absolute Gasteiger partial charge is 0.124 e. The summed E-state index contributed by atoms with van der Waals surface area (Å²) in [4.78, 5) is 2.47. The van der Waals surface area contributed by atoms with E-state index in [2.05, 4.69) is 11.8 Å². The maximum absolute atomic E-state index is 6.17. The van der Waals surface area contributed by atoms with Gasteiger partial charge in [0.2, 0.25) is 0 Å². The molecule has 1 saturated heterocycles. The molecule has 1 unspecified atom stereocenters. The predicted octanol–water partition coefficient (Wildman–Crippen LogP) is 3.47. The number of nitrogens with two attached hydrogens (primary N) is 1. The van der Waals surface area contributed by atoms with Crippen molar-refractivity contribution in [1.29, 1.82) is 0 Å². The van der Waals surface area contributed by atoms with Crippen LogP contribution >= 0.6 is 11.6 Å². The van der Waals surface area contributed by atoms with Gasteiger partial charge in [-0.05, 0) is 57.0 Å². The fourth-order valence-corrected chi connectivity index (χ4v) is 3.06. The van der Waals surface area contributed by atoms with E-state index in [0.717, 1.165) is 35.3 Å². The number of hydrogen-bond acceptors (Lipinski definition) is 3. The van der Waals surface area contributed by atoms with Crippen molar-refractivity contribution in [3.63, 3.8) is 0 Å². The largest absolute Gasteiger partial charge is 0.494 e. The Morgan fingerprint density at radius 3 is 2.70 bits per heavy atom. The molecule has 20 heavy (non-hydrogen) atoms. The third-order valence-electron chi connectivity index (χ3n) is 4.11. The first-order valence-electron chi connectivity index (χ1n) is 7.52. The summed E-state index contributed by atoms with van der Waals surface area (Å²) < 4.78 is 5.75. The molecule has 112 valence electrons. The molecule has 1 atom stereocenters. The lowest BCUT2D eigenvalue weighted by atomic mass is 9.95. The highest BCUT2D eigenvalue weighted by Crippen LogP contribution is 2.33. The van der Waals surface area contributed by atoms with Crippen LogP contribution in [0.15, 0.2) is 18.2 Å². The Morgan fingerprint density at radius 2 is 2.10 bits per heavy atom. The first-order valence-corrected chi connectivity index (χ1v) is 7.89. The van der Waals surface area contributed by atoms with Crippen molar-refractivity contribution in [1.82, 2.24) is 4.90 Å². The number of nitrogens with zero attached hydrogens (tertiary/aromatic N) is 1. The van der Waals surface area contributed by atoms with Crippen LogP contribution in [0.5, 0.6) is 5.75 Å². The summed E-state index contributed by atoms with van der Waals surface area (Å²) in [5.74, 6) is 1.72. The van der Waals surface area contributed by atoms with Gasteiger partial charge in [0, 0.05) is 17.1 Å².